The van der Waals surface area contributed by atoms with Crippen molar-refractivity contribution in [1.82, 2.24) is 4.31 Å². The number of piperazine rings is 1. The summed E-state index contributed by atoms with van der Waals surface area (Å²) in [6.07, 6.45) is 0.862. The Morgan fingerprint density at radius 2 is 1.80 bits per heavy atom. The topological polar surface area (TPSA) is 69.7 Å². The van der Waals surface area contributed by atoms with Crippen LogP contribution in [0.1, 0.15) is 35.3 Å². The summed E-state index contributed by atoms with van der Waals surface area (Å²) in [5.41, 5.74) is 3.52. The predicted octanol–water partition coefficient (Wildman–Crippen LogP) is 4.85. The molecule has 0 aliphatic carbocycles. The molecule has 3 aromatic rings. The Morgan fingerprint density at radius 3 is 2.46 bits per heavy atom. The molecular weight excluding hydrogens is 465 g/mol. The monoisotopic (exact) mass is 495 g/mol. The van der Waals surface area contributed by atoms with Crippen molar-refractivity contribution in [2.45, 2.75) is 38.1 Å². The van der Waals surface area contributed by atoms with Crippen LogP contribution in [-0.2, 0) is 16.4 Å². The highest BCUT2D eigenvalue weighted by Gasteiger charge is 2.33. The lowest BCUT2D eigenvalue weighted by Crippen LogP contribution is -2.53. The van der Waals surface area contributed by atoms with Gasteiger partial charge in [-0.05, 0) is 73.9 Å². The molecule has 8 heteroatoms. The molecule has 1 fully saturated rings. The third-order valence-electron chi connectivity index (χ3n) is 6.36. The molecule has 0 saturated carbocycles. The fourth-order valence-electron chi connectivity index (χ4n) is 4.34. The van der Waals surface area contributed by atoms with E-state index in [9.17, 15) is 17.6 Å². The van der Waals surface area contributed by atoms with Crippen LogP contribution >= 0.6 is 0 Å². The quantitative estimate of drug-likeness (QED) is 0.531. The second-order valence-corrected chi connectivity index (χ2v) is 10.8. The molecule has 0 spiro atoms. The first-order valence-electron chi connectivity index (χ1n) is 11.7. The zero-order valence-electron chi connectivity index (χ0n) is 20.2. The van der Waals surface area contributed by atoms with E-state index in [1.165, 1.54) is 10.4 Å². The van der Waals surface area contributed by atoms with E-state index in [1.807, 2.05) is 51.1 Å². The second kappa shape index (κ2) is 10.2. The minimum absolute atomic E-state index is 0.0466. The first-order valence-corrected chi connectivity index (χ1v) is 13.2. The Hall–Kier alpha value is -3.23. The average Bonchev–Trinajstić information content (AvgIpc) is 2.84. The summed E-state index contributed by atoms with van der Waals surface area (Å²) in [5.74, 6) is -1.47. The number of benzene rings is 3. The largest absolute Gasteiger partial charge is 0.366 e. The second-order valence-electron chi connectivity index (χ2n) is 8.89. The SMILES string of the molecule is CCc1ccc(NC(=O)c2cc(S(=O)(=O)N3CCN(c4cccc(C)c4)C(C)C3)ccc2F)cc1. The zero-order chi connectivity index (χ0) is 25.2. The number of amides is 1. The van der Waals surface area contributed by atoms with E-state index >= 15 is 0 Å². The molecule has 0 radical (unpaired) electrons. The third-order valence-corrected chi connectivity index (χ3v) is 8.22. The Kier molecular flexibility index (Phi) is 7.23. The van der Waals surface area contributed by atoms with E-state index in [0.717, 1.165) is 35.4 Å². The summed E-state index contributed by atoms with van der Waals surface area (Å²) in [7, 11) is -3.90. The summed E-state index contributed by atoms with van der Waals surface area (Å²) in [5, 5.41) is 2.65. The van der Waals surface area contributed by atoms with Gasteiger partial charge in [0, 0.05) is 37.1 Å². The zero-order valence-corrected chi connectivity index (χ0v) is 21.0. The van der Waals surface area contributed by atoms with Crippen molar-refractivity contribution in [3.8, 4) is 0 Å². The van der Waals surface area contributed by atoms with Crippen molar-refractivity contribution < 1.29 is 17.6 Å². The molecule has 1 N–H and O–H groups in total. The fourth-order valence-corrected chi connectivity index (χ4v) is 5.88. The van der Waals surface area contributed by atoms with Crippen LogP contribution < -0.4 is 10.2 Å². The standard InChI is InChI=1S/C27H30FN3O3S/c1-4-21-8-10-22(11-9-21)29-27(32)25-17-24(12-13-26(25)28)35(33,34)30-14-15-31(20(3)18-30)23-7-5-6-19(2)16-23/h5-13,16-17,20H,4,14-15,18H2,1-3H3,(H,29,32). The maximum Gasteiger partial charge on any atom is 0.258 e. The van der Waals surface area contributed by atoms with Crippen molar-refractivity contribution in [2.24, 2.45) is 0 Å². The van der Waals surface area contributed by atoms with Gasteiger partial charge in [0.2, 0.25) is 10.0 Å². The van der Waals surface area contributed by atoms with Crippen LogP contribution in [0.3, 0.4) is 0 Å². The summed E-state index contributed by atoms with van der Waals surface area (Å²) < 4.78 is 42.7. The first kappa shape index (κ1) is 24.9. The number of hydrogen-bond donors (Lipinski definition) is 1. The lowest BCUT2D eigenvalue weighted by atomic mass is 10.1. The van der Waals surface area contributed by atoms with Gasteiger partial charge in [-0.15, -0.1) is 0 Å². The van der Waals surface area contributed by atoms with Gasteiger partial charge in [0.15, 0.2) is 0 Å². The number of carbonyl (C=O) groups excluding carboxylic acids is 1. The van der Waals surface area contributed by atoms with Crippen LogP contribution in [0.15, 0.2) is 71.6 Å². The molecule has 1 unspecified atom stereocenters. The molecule has 1 amide bonds. The fraction of sp³-hybridized carbons (Fsp3) is 0.296. The number of carbonyl (C=O) groups is 1. The molecule has 4 rings (SSSR count). The molecule has 1 aliphatic rings. The van der Waals surface area contributed by atoms with Gasteiger partial charge in [0.1, 0.15) is 5.82 Å². The van der Waals surface area contributed by atoms with Crippen molar-refractivity contribution >= 4 is 27.3 Å². The van der Waals surface area contributed by atoms with Crippen LogP contribution in [0.2, 0.25) is 0 Å². The molecule has 1 saturated heterocycles. The number of sulfonamides is 1. The van der Waals surface area contributed by atoms with E-state index in [2.05, 4.69) is 16.3 Å². The minimum Gasteiger partial charge on any atom is -0.366 e. The van der Waals surface area contributed by atoms with Gasteiger partial charge < -0.3 is 10.2 Å². The van der Waals surface area contributed by atoms with E-state index in [4.69, 9.17) is 0 Å². The molecule has 1 aliphatic heterocycles. The van der Waals surface area contributed by atoms with Crippen molar-refractivity contribution in [3.05, 3.63) is 89.2 Å². The van der Waals surface area contributed by atoms with E-state index in [-0.39, 0.29) is 16.5 Å². The maximum atomic E-state index is 14.5. The summed E-state index contributed by atoms with van der Waals surface area (Å²) in [4.78, 5) is 14.8. The molecule has 1 atom stereocenters. The van der Waals surface area contributed by atoms with Gasteiger partial charge in [0.25, 0.3) is 5.91 Å². The number of halogens is 1. The van der Waals surface area contributed by atoms with Gasteiger partial charge in [-0.1, -0.05) is 31.2 Å². The van der Waals surface area contributed by atoms with Gasteiger partial charge in [-0.3, -0.25) is 4.79 Å². The highest BCUT2D eigenvalue weighted by atomic mass is 32.2. The number of rotatable bonds is 6. The van der Waals surface area contributed by atoms with Crippen LogP contribution in [0, 0.1) is 12.7 Å². The first-order chi connectivity index (χ1) is 16.7. The van der Waals surface area contributed by atoms with Crippen LogP contribution in [0.5, 0.6) is 0 Å². The van der Waals surface area contributed by atoms with Crippen molar-refractivity contribution in [1.29, 1.82) is 0 Å². The molecule has 3 aromatic carbocycles. The Balaban J connectivity index is 1.52. The van der Waals surface area contributed by atoms with Gasteiger partial charge in [-0.25, -0.2) is 12.8 Å². The lowest BCUT2D eigenvalue weighted by molar-refractivity contribution is 0.102. The molecule has 35 heavy (non-hydrogen) atoms. The lowest BCUT2D eigenvalue weighted by Gasteiger charge is -2.40. The predicted molar refractivity (Wildman–Crippen MR) is 137 cm³/mol. The highest BCUT2D eigenvalue weighted by Crippen LogP contribution is 2.26. The normalized spacial score (nSPS) is 16.8. The number of hydrogen-bond acceptors (Lipinski definition) is 4. The minimum atomic E-state index is -3.90. The van der Waals surface area contributed by atoms with E-state index < -0.39 is 21.7 Å². The van der Waals surface area contributed by atoms with E-state index in [1.54, 1.807) is 12.1 Å². The smallest absolute Gasteiger partial charge is 0.258 e. The summed E-state index contributed by atoms with van der Waals surface area (Å²) in [6.45, 7) is 7.15. The molecule has 0 aromatic heterocycles. The number of nitrogens with one attached hydrogen (secondary N) is 1. The Labute approximate surface area is 206 Å². The summed E-state index contributed by atoms with van der Waals surface area (Å²) in [6, 6.07) is 18.7. The van der Waals surface area contributed by atoms with Crippen molar-refractivity contribution in [2.75, 3.05) is 29.9 Å². The number of nitrogens with zero attached hydrogens (tertiary/aromatic N) is 2. The number of aryl methyl sites for hydroxylation is 2. The molecule has 184 valence electrons. The Morgan fingerprint density at radius 1 is 1.06 bits per heavy atom. The maximum absolute atomic E-state index is 14.5. The average molecular weight is 496 g/mol. The highest BCUT2D eigenvalue weighted by molar-refractivity contribution is 7.89. The Bertz CT molecular complexity index is 1330. The summed E-state index contributed by atoms with van der Waals surface area (Å²) >= 11 is 0. The molecule has 1 heterocycles. The van der Waals surface area contributed by atoms with Crippen LogP contribution in [-0.4, -0.2) is 44.3 Å². The van der Waals surface area contributed by atoms with Gasteiger partial charge in [0.05, 0.1) is 10.5 Å². The van der Waals surface area contributed by atoms with Crippen LogP contribution in [0.25, 0.3) is 0 Å². The number of anilines is 2. The van der Waals surface area contributed by atoms with E-state index in [0.29, 0.717) is 25.3 Å². The molecule has 6 nitrogen and oxygen atoms in total. The molecular formula is C27H30FN3O3S. The third kappa shape index (κ3) is 5.39. The van der Waals surface area contributed by atoms with Gasteiger partial charge >= 0.3 is 0 Å². The van der Waals surface area contributed by atoms with Crippen LogP contribution in [0.4, 0.5) is 15.8 Å². The van der Waals surface area contributed by atoms with Gasteiger partial charge in [-0.2, -0.15) is 4.31 Å². The molecule has 0 bridgehead atoms. The van der Waals surface area contributed by atoms with Crippen molar-refractivity contribution in [3.63, 3.8) is 0 Å².